The number of carbonyl (C=O) groups excluding carboxylic acids is 1. The summed E-state index contributed by atoms with van der Waals surface area (Å²) in [5.74, 6) is 0.976. The SMILES string of the molecule is Cc1ccc(-n2nc(C(C)(C)C)cc2NC(=O)Nc2cccc(CC3CC4CCC(C3)N4S(=O)(=O)C=Cc3ccccc3)c2)cc1. The molecule has 0 aliphatic carbocycles. The van der Waals surface area contributed by atoms with Crippen LogP contribution >= 0.6 is 0 Å². The van der Waals surface area contributed by atoms with E-state index in [4.69, 9.17) is 5.10 Å². The zero-order chi connectivity index (χ0) is 32.5. The van der Waals surface area contributed by atoms with Gasteiger partial charge in [0.1, 0.15) is 5.82 Å². The van der Waals surface area contributed by atoms with Gasteiger partial charge >= 0.3 is 6.03 Å². The fourth-order valence-electron chi connectivity index (χ4n) is 6.74. The van der Waals surface area contributed by atoms with Gasteiger partial charge in [-0.25, -0.2) is 17.9 Å². The Hall–Kier alpha value is -4.21. The Bertz CT molecular complexity index is 1810. The monoisotopic (exact) mass is 637 g/mol. The molecule has 2 atom stereocenters. The van der Waals surface area contributed by atoms with Gasteiger partial charge in [-0.15, -0.1) is 0 Å². The van der Waals surface area contributed by atoms with Gasteiger partial charge in [0, 0.05) is 34.7 Å². The van der Waals surface area contributed by atoms with Gasteiger partial charge in [-0.2, -0.15) is 9.40 Å². The Morgan fingerprint density at radius 3 is 2.28 bits per heavy atom. The Morgan fingerprint density at radius 2 is 1.61 bits per heavy atom. The lowest BCUT2D eigenvalue weighted by molar-refractivity contribution is 0.192. The van der Waals surface area contributed by atoms with Gasteiger partial charge in [0.05, 0.1) is 11.4 Å². The van der Waals surface area contributed by atoms with E-state index in [1.165, 1.54) is 5.41 Å². The fourth-order valence-corrected chi connectivity index (χ4v) is 8.42. The molecular formula is C37H43N5O3S. The number of sulfonamides is 1. The lowest BCUT2D eigenvalue weighted by atomic mass is 9.87. The van der Waals surface area contributed by atoms with E-state index in [1.807, 2.05) is 85.8 Å². The van der Waals surface area contributed by atoms with Gasteiger partial charge < -0.3 is 5.32 Å². The molecule has 2 unspecified atom stereocenters. The minimum absolute atomic E-state index is 0.0256. The maximum atomic E-state index is 13.3. The summed E-state index contributed by atoms with van der Waals surface area (Å²) in [5.41, 5.74) is 5.43. The minimum atomic E-state index is -3.50. The summed E-state index contributed by atoms with van der Waals surface area (Å²) in [6.45, 7) is 8.34. The lowest BCUT2D eigenvalue weighted by Gasteiger charge is -2.37. The van der Waals surface area contributed by atoms with Gasteiger partial charge in [0.25, 0.3) is 0 Å². The number of nitrogens with zero attached hydrogens (tertiary/aromatic N) is 3. The summed E-state index contributed by atoms with van der Waals surface area (Å²) < 4.78 is 30.2. The van der Waals surface area contributed by atoms with Crippen LogP contribution in [0.1, 0.15) is 68.8 Å². The van der Waals surface area contributed by atoms with Crippen molar-refractivity contribution in [2.45, 2.75) is 77.3 Å². The standard InChI is InChI=1S/C37H43N5O3S/c1-26-13-15-31(16-14-26)41-35(25-34(40-41)37(2,3)4)39-36(43)38-30-12-8-11-28(22-30)21-29-23-32-17-18-33(24-29)42(32)46(44,45)20-19-27-9-6-5-7-10-27/h5-16,19-20,22,25,29,32-33H,17-18,21,23-24H2,1-4H3,(H2,38,39,43). The molecule has 3 heterocycles. The summed E-state index contributed by atoms with van der Waals surface area (Å²) >= 11 is 0. The van der Waals surface area contributed by atoms with Crippen LogP contribution in [0.2, 0.25) is 0 Å². The van der Waals surface area contributed by atoms with Gasteiger partial charge in [-0.05, 0) is 86.4 Å². The van der Waals surface area contributed by atoms with E-state index in [0.29, 0.717) is 17.4 Å². The third-order valence-corrected chi connectivity index (χ3v) is 10.7. The normalized spacial score (nSPS) is 20.2. The summed E-state index contributed by atoms with van der Waals surface area (Å²) in [4.78, 5) is 13.2. The molecule has 2 fully saturated rings. The number of aromatic nitrogens is 2. The molecule has 8 nitrogen and oxygen atoms in total. The van der Waals surface area contributed by atoms with Crippen LogP contribution in [0.25, 0.3) is 11.8 Å². The third kappa shape index (κ3) is 7.26. The first-order valence-electron chi connectivity index (χ1n) is 16.1. The zero-order valence-corrected chi connectivity index (χ0v) is 27.8. The Labute approximate surface area is 272 Å². The van der Waals surface area contributed by atoms with Crippen molar-refractivity contribution in [3.8, 4) is 5.69 Å². The minimum Gasteiger partial charge on any atom is -0.308 e. The van der Waals surface area contributed by atoms with Crippen molar-refractivity contribution in [1.82, 2.24) is 14.1 Å². The lowest BCUT2D eigenvalue weighted by Crippen LogP contribution is -2.46. The van der Waals surface area contributed by atoms with E-state index in [9.17, 15) is 13.2 Å². The van der Waals surface area contributed by atoms with Crippen molar-refractivity contribution >= 4 is 33.6 Å². The van der Waals surface area contributed by atoms with Crippen molar-refractivity contribution in [3.63, 3.8) is 0 Å². The highest BCUT2D eigenvalue weighted by Gasteiger charge is 2.45. The van der Waals surface area contributed by atoms with Crippen molar-refractivity contribution < 1.29 is 13.2 Å². The van der Waals surface area contributed by atoms with E-state index in [1.54, 1.807) is 15.1 Å². The molecule has 46 heavy (non-hydrogen) atoms. The van der Waals surface area contributed by atoms with Crippen molar-refractivity contribution in [3.05, 3.63) is 113 Å². The third-order valence-electron chi connectivity index (χ3n) is 9.00. The van der Waals surface area contributed by atoms with Crippen LogP contribution in [0.15, 0.2) is 90.3 Å². The van der Waals surface area contributed by atoms with E-state index in [0.717, 1.165) is 60.2 Å². The molecule has 4 aromatic rings. The summed E-state index contributed by atoms with van der Waals surface area (Å²) in [7, 11) is -3.50. The molecule has 2 bridgehead atoms. The highest BCUT2D eigenvalue weighted by molar-refractivity contribution is 7.92. The summed E-state index contributed by atoms with van der Waals surface area (Å²) in [5, 5.41) is 12.2. The largest absolute Gasteiger partial charge is 0.324 e. The number of piperidine rings is 1. The first-order valence-corrected chi connectivity index (χ1v) is 17.6. The Morgan fingerprint density at radius 1 is 0.913 bits per heavy atom. The molecule has 2 N–H and O–H groups in total. The molecule has 0 saturated carbocycles. The number of anilines is 2. The molecule has 2 saturated heterocycles. The first kappa shape index (κ1) is 31.8. The number of carbonyl (C=O) groups is 1. The van der Waals surface area contributed by atoms with Crippen molar-refractivity contribution in [1.29, 1.82) is 0 Å². The smallest absolute Gasteiger partial charge is 0.308 e. The van der Waals surface area contributed by atoms with Crippen molar-refractivity contribution in [2.24, 2.45) is 5.92 Å². The Balaban J connectivity index is 1.10. The van der Waals surface area contributed by atoms with Crippen LogP contribution < -0.4 is 10.6 Å². The number of benzene rings is 3. The van der Waals surface area contributed by atoms with E-state index in [-0.39, 0.29) is 23.5 Å². The molecule has 2 aliphatic rings. The van der Waals surface area contributed by atoms with Gasteiger partial charge in [0.15, 0.2) is 0 Å². The molecular weight excluding hydrogens is 595 g/mol. The molecule has 0 radical (unpaired) electrons. The number of aryl methyl sites for hydroxylation is 1. The maximum absolute atomic E-state index is 13.3. The van der Waals surface area contributed by atoms with Crippen LogP contribution in [-0.4, -0.2) is 40.6 Å². The summed E-state index contributed by atoms with van der Waals surface area (Å²) in [6.07, 6.45) is 6.01. The van der Waals surface area contributed by atoms with Gasteiger partial charge in [-0.3, -0.25) is 5.32 Å². The highest BCUT2D eigenvalue weighted by Crippen LogP contribution is 2.42. The summed E-state index contributed by atoms with van der Waals surface area (Å²) in [6, 6.07) is 27.2. The zero-order valence-electron chi connectivity index (χ0n) is 27.0. The number of nitrogens with one attached hydrogen (secondary N) is 2. The molecule has 3 aromatic carbocycles. The second-order valence-electron chi connectivity index (χ2n) is 13.7. The number of fused-ring (bicyclic) bond motifs is 2. The molecule has 6 rings (SSSR count). The van der Waals surface area contributed by atoms with E-state index >= 15 is 0 Å². The van der Waals surface area contributed by atoms with Gasteiger partial charge in [-0.1, -0.05) is 80.9 Å². The molecule has 1 aromatic heterocycles. The second-order valence-corrected chi connectivity index (χ2v) is 15.4. The van der Waals surface area contributed by atoms with E-state index in [2.05, 4.69) is 37.5 Å². The predicted octanol–water partition coefficient (Wildman–Crippen LogP) is 7.91. The fraction of sp³-hybridized carbons (Fsp3) is 0.351. The molecule has 240 valence electrons. The number of hydrogen-bond donors (Lipinski definition) is 2. The number of rotatable bonds is 8. The Kier molecular flexibility index (Phi) is 8.90. The molecule has 0 spiro atoms. The van der Waals surface area contributed by atoms with Crippen molar-refractivity contribution in [2.75, 3.05) is 10.6 Å². The number of urea groups is 1. The quantitative estimate of drug-likeness (QED) is 0.205. The molecule has 9 heteroatoms. The van der Waals surface area contributed by atoms with Crippen LogP contribution in [-0.2, 0) is 21.9 Å². The van der Waals surface area contributed by atoms with Crippen LogP contribution in [0.3, 0.4) is 0 Å². The average Bonchev–Trinajstić information content (AvgIpc) is 3.56. The van der Waals surface area contributed by atoms with E-state index < -0.39 is 10.0 Å². The number of hydrogen-bond acceptors (Lipinski definition) is 4. The molecule has 2 aliphatic heterocycles. The number of amides is 2. The highest BCUT2D eigenvalue weighted by atomic mass is 32.2. The van der Waals surface area contributed by atoms with Crippen LogP contribution in [0, 0.1) is 12.8 Å². The first-order chi connectivity index (χ1) is 21.9. The molecule has 2 amide bonds. The van der Waals surface area contributed by atoms with Crippen LogP contribution in [0.4, 0.5) is 16.3 Å². The van der Waals surface area contributed by atoms with Crippen LogP contribution in [0.5, 0.6) is 0 Å². The maximum Gasteiger partial charge on any atom is 0.324 e. The topological polar surface area (TPSA) is 96.3 Å². The second kappa shape index (κ2) is 12.9. The average molecular weight is 638 g/mol. The van der Waals surface area contributed by atoms with Gasteiger partial charge in [0.2, 0.25) is 10.0 Å². The predicted molar refractivity (Wildman–Crippen MR) is 186 cm³/mol.